The number of ether oxygens (including phenoxy) is 3. The van der Waals surface area contributed by atoms with Gasteiger partial charge in [0.2, 0.25) is 0 Å². The fourth-order valence-electron chi connectivity index (χ4n) is 4.12. The maximum atomic E-state index is 13.8. The molecular weight excluding hydrogens is 668 g/mol. The zero-order valence-corrected chi connectivity index (χ0v) is 28.5. The van der Waals surface area contributed by atoms with E-state index in [0.29, 0.717) is 11.5 Å². The number of halogens is 2. The first-order valence-corrected chi connectivity index (χ1v) is 15.2. The third-order valence-corrected chi connectivity index (χ3v) is 7.05. The second-order valence-electron chi connectivity index (χ2n) is 8.68. The molecule has 1 heterocycles. The first-order chi connectivity index (χ1) is 21.7. The summed E-state index contributed by atoms with van der Waals surface area (Å²) in [6, 6.07) is 17.0. The molecule has 3 aromatic carbocycles. The fraction of sp³-hybridized carbons (Fsp3) is 0.281. The standard InChI is InChI=1S/C28H24BrClN4O7.2C2H6/c1-39-20-8-4-17(5-9-20)14-32(15-18-6-10-21(40-2)11-7-18)26-24(28(36)41-3)27(35)33(16-31-26)25-22(29)12-19(34(37)38)13-23(25)30;2*1-2/h4-13,16H,14-15H2,1-3H3;2*1-2H3. The Balaban J connectivity index is 0.00000169. The third-order valence-electron chi connectivity index (χ3n) is 6.16. The molecule has 0 saturated carbocycles. The van der Waals surface area contributed by atoms with Crippen LogP contribution < -0.4 is 19.9 Å². The van der Waals surface area contributed by atoms with Crippen LogP contribution in [-0.2, 0) is 17.8 Å². The number of carbonyl (C=O) groups is 1. The predicted octanol–water partition coefficient (Wildman–Crippen LogP) is 7.62. The highest BCUT2D eigenvalue weighted by molar-refractivity contribution is 9.10. The van der Waals surface area contributed by atoms with Crippen molar-refractivity contribution in [2.75, 3.05) is 26.2 Å². The van der Waals surface area contributed by atoms with E-state index in [9.17, 15) is 19.7 Å². The summed E-state index contributed by atoms with van der Waals surface area (Å²) in [5.41, 5.74) is 0.431. The molecule has 240 valence electrons. The van der Waals surface area contributed by atoms with Gasteiger partial charge in [-0.25, -0.2) is 9.78 Å². The smallest absolute Gasteiger partial charge is 0.347 e. The molecule has 0 aliphatic rings. The Kier molecular flexibility index (Phi) is 14.5. The first-order valence-electron chi connectivity index (χ1n) is 14.0. The molecule has 45 heavy (non-hydrogen) atoms. The molecule has 4 rings (SSSR count). The predicted molar refractivity (Wildman–Crippen MR) is 179 cm³/mol. The Morgan fingerprint density at radius 3 is 1.82 bits per heavy atom. The van der Waals surface area contributed by atoms with Crippen LogP contribution in [0.2, 0.25) is 5.02 Å². The number of carbonyl (C=O) groups excluding carboxylic acids is 1. The minimum absolute atomic E-state index is 0.0823. The highest BCUT2D eigenvalue weighted by Crippen LogP contribution is 2.33. The van der Waals surface area contributed by atoms with Crippen molar-refractivity contribution in [3.8, 4) is 17.2 Å². The molecule has 0 spiro atoms. The molecule has 13 heteroatoms. The van der Waals surface area contributed by atoms with Gasteiger partial charge in [-0.2, -0.15) is 0 Å². The summed E-state index contributed by atoms with van der Waals surface area (Å²) in [4.78, 5) is 43.8. The second-order valence-corrected chi connectivity index (χ2v) is 9.94. The Hall–Kier alpha value is -4.42. The summed E-state index contributed by atoms with van der Waals surface area (Å²) in [5.74, 6) is 0.531. The zero-order valence-electron chi connectivity index (χ0n) is 26.2. The fourth-order valence-corrected chi connectivity index (χ4v) is 5.18. The van der Waals surface area contributed by atoms with Crippen LogP contribution in [-0.4, -0.2) is 41.8 Å². The number of benzene rings is 3. The van der Waals surface area contributed by atoms with Crippen molar-refractivity contribution in [3.05, 3.63) is 114 Å². The quantitative estimate of drug-likeness (QED) is 0.0931. The highest BCUT2D eigenvalue weighted by Gasteiger charge is 2.27. The van der Waals surface area contributed by atoms with Crippen molar-refractivity contribution in [1.29, 1.82) is 0 Å². The number of hydrogen-bond donors (Lipinski definition) is 0. The van der Waals surface area contributed by atoms with Gasteiger partial charge in [0.1, 0.15) is 17.8 Å². The summed E-state index contributed by atoms with van der Waals surface area (Å²) in [6.07, 6.45) is 1.22. The zero-order chi connectivity index (χ0) is 33.7. The molecule has 0 fully saturated rings. The van der Waals surface area contributed by atoms with Crippen LogP contribution in [0.3, 0.4) is 0 Å². The number of hydrogen-bond acceptors (Lipinski definition) is 9. The Morgan fingerprint density at radius 1 is 0.933 bits per heavy atom. The van der Waals surface area contributed by atoms with Gasteiger partial charge in [-0.15, -0.1) is 0 Å². The molecule has 1 aromatic heterocycles. The average molecular weight is 704 g/mol. The molecule has 0 aliphatic carbocycles. The third kappa shape index (κ3) is 9.05. The van der Waals surface area contributed by atoms with Crippen molar-refractivity contribution in [3.63, 3.8) is 0 Å². The number of nitrogens with zero attached hydrogens (tertiary/aromatic N) is 4. The number of esters is 1. The normalized spacial score (nSPS) is 9.98. The topological polar surface area (TPSA) is 126 Å². The number of non-ortho nitro benzene ring substituents is 1. The maximum Gasteiger partial charge on any atom is 0.347 e. The molecule has 0 atom stereocenters. The lowest BCUT2D eigenvalue weighted by molar-refractivity contribution is -0.384. The Bertz CT molecular complexity index is 1570. The molecular formula is C32H36BrClN4O7. The van der Waals surface area contributed by atoms with Crippen LogP contribution in [0.25, 0.3) is 5.69 Å². The minimum Gasteiger partial charge on any atom is -0.497 e. The number of methoxy groups -OCH3 is 3. The van der Waals surface area contributed by atoms with E-state index in [1.807, 2.05) is 76.2 Å². The van der Waals surface area contributed by atoms with E-state index in [2.05, 4.69) is 20.9 Å². The van der Waals surface area contributed by atoms with E-state index in [4.69, 9.17) is 25.8 Å². The van der Waals surface area contributed by atoms with Gasteiger partial charge >= 0.3 is 5.97 Å². The average Bonchev–Trinajstić information content (AvgIpc) is 3.06. The molecule has 11 nitrogen and oxygen atoms in total. The number of aromatic nitrogens is 2. The van der Waals surface area contributed by atoms with Crippen molar-refractivity contribution < 1.29 is 23.9 Å². The summed E-state index contributed by atoms with van der Waals surface area (Å²) in [6.45, 7) is 8.55. The second kappa shape index (κ2) is 17.8. The van der Waals surface area contributed by atoms with E-state index in [1.165, 1.54) is 12.4 Å². The van der Waals surface area contributed by atoms with Crippen molar-refractivity contribution in [1.82, 2.24) is 9.55 Å². The molecule has 0 amide bonds. The van der Waals surface area contributed by atoms with Gasteiger partial charge in [0.25, 0.3) is 11.2 Å². The number of nitro benzene ring substituents is 1. The van der Waals surface area contributed by atoms with Gasteiger partial charge in [-0.3, -0.25) is 19.5 Å². The van der Waals surface area contributed by atoms with Gasteiger partial charge in [-0.1, -0.05) is 63.6 Å². The van der Waals surface area contributed by atoms with Crippen LogP contribution in [0.1, 0.15) is 49.2 Å². The van der Waals surface area contributed by atoms with Crippen molar-refractivity contribution >= 4 is 45.0 Å². The summed E-state index contributed by atoms with van der Waals surface area (Å²) in [7, 11) is 4.30. The van der Waals surface area contributed by atoms with Gasteiger partial charge in [0.05, 0.1) is 41.4 Å². The van der Waals surface area contributed by atoms with Gasteiger partial charge in [-0.05, 0) is 51.3 Å². The summed E-state index contributed by atoms with van der Waals surface area (Å²) in [5, 5.41) is 11.2. The summed E-state index contributed by atoms with van der Waals surface area (Å²) >= 11 is 9.60. The van der Waals surface area contributed by atoms with Crippen LogP contribution in [0, 0.1) is 10.1 Å². The molecule has 0 aliphatic heterocycles. The van der Waals surface area contributed by atoms with E-state index < -0.39 is 16.5 Å². The monoisotopic (exact) mass is 702 g/mol. The van der Waals surface area contributed by atoms with Gasteiger partial charge in [0, 0.05) is 25.2 Å². The van der Waals surface area contributed by atoms with Crippen LogP contribution in [0.4, 0.5) is 11.5 Å². The van der Waals surface area contributed by atoms with Crippen LogP contribution in [0.5, 0.6) is 11.5 Å². The Morgan fingerprint density at radius 2 is 1.42 bits per heavy atom. The van der Waals surface area contributed by atoms with Crippen molar-refractivity contribution in [2.45, 2.75) is 40.8 Å². The molecule has 0 bridgehead atoms. The lowest BCUT2D eigenvalue weighted by atomic mass is 10.1. The number of anilines is 1. The van der Waals surface area contributed by atoms with Gasteiger partial charge in [0.15, 0.2) is 11.4 Å². The van der Waals surface area contributed by atoms with Crippen LogP contribution >= 0.6 is 27.5 Å². The van der Waals surface area contributed by atoms with E-state index in [1.54, 1.807) is 19.1 Å². The largest absolute Gasteiger partial charge is 0.497 e. The SMILES string of the molecule is CC.CC.COC(=O)c1c(N(Cc2ccc(OC)cc2)Cc2ccc(OC)cc2)ncn(-c2c(Cl)cc([N+](=O)[O-])cc2Br)c1=O. The number of rotatable bonds is 10. The van der Waals surface area contributed by atoms with Gasteiger partial charge < -0.3 is 19.1 Å². The van der Waals surface area contributed by atoms with Crippen LogP contribution in [0.15, 0.2) is 76.3 Å². The molecule has 0 radical (unpaired) electrons. The molecule has 0 saturated heterocycles. The van der Waals surface area contributed by atoms with E-state index >= 15 is 0 Å². The maximum absolute atomic E-state index is 13.8. The minimum atomic E-state index is -0.907. The molecule has 0 N–H and O–H groups in total. The lowest BCUT2D eigenvalue weighted by Gasteiger charge is -2.26. The molecule has 0 unspecified atom stereocenters. The first kappa shape index (κ1) is 36.8. The molecule has 4 aromatic rings. The van der Waals surface area contributed by atoms with E-state index in [-0.39, 0.29) is 45.3 Å². The highest BCUT2D eigenvalue weighted by atomic mass is 79.9. The van der Waals surface area contributed by atoms with Crippen molar-refractivity contribution in [2.24, 2.45) is 0 Å². The Labute approximate surface area is 275 Å². The van der Waals surface area contributed by atoms with E-state index in [0.717, 1.165) is 28.9 Å². The number of nitro groups is 1. The lowest BCUT2D eigenvalue weighted by Crippen LogP contribution is -2.33. The summed E-state index contributed by atoms with van der Waals surface area (Å²) < 4.78 is 16.7.